The zero-order valence-corrected chi connectivity index (χ0v) is 28.4. The van der Waals surface area contributed by atoms with E-state index in [1.807, 2.05) is 36.4 Å². The number of cyclic esters (lactones) is 1. The molecule has 0 bridgehead atoms. The zero-order chi connectivity index (χ0) is 35.3. The second-order valence-corrected chi connectivity index (χ2v) is 13.1. The lowest BCUT2D eigenvalue weighted by atomic mass is 9.77. The van der Waals surface area contributed by atoms with Crippen LogP contribution in [0.5, 0.6) is 5.75 Å². The van der Waals surface area contributed by atoms with E-state index in [2.05, 4.69) is 5.32 Å². The summed E-state index contributed by atoms with van der Waals surface area (Å²) >= 11 is 0. The molecule has 4 heterocycles. The van der Waals surface area contributed by atoms with Gasteiger partial charge in [-0.1, -0.05) is 54.6 Å². The van der Waals surface area contributed by atoms with Gasteiger partial charge < -0.3 is 39.2 Å². The molecule has 2 aromatic carbocycles. The van der Waals surface area contributed by atoms with E-state index >= 15 is 0 Å². The Morgan fingerprint density at radius 3 is 2.46 bits per heavy atom. The van der Waals surface area contributed by atoms with Crippen molar-refractivity contribution in [2.24, 2.45) is 11.8 Å². The van der Waals surface area contributed by atoms with Crippen LogP contribution in [0.3, 0.4) is 0 Å². The number of hydrogen-bond donors (Lipinski definition) is 2. The number of hydrogen-bond acceptors (Lipinski definition) is 9. The number of ether oxygens (including phenoxy) is 4. The van der Waals surface area contributed by atoms with Crippen molar-refractivity contribution in [2.75, 3.05) is 45.4 Å². The first-order chi connectivity index (χ1) is 24.3. The van der Waals surface area contributed by atoms with Crippen LogP contribution in [0.15, 0.2) is 78.9 Å². The van der Waals surface area contributed by atoms with Crippen molar-refractivity contribution < 1.29 is 43.2 Å². The second kappa shape index (κ2) is 15.6. The number of amides is 3. The zero-order valence-electron chi connectivity index (χ0n) is 28.4. The minimum absolute atomic E-state index is 0.0228. The number of aliphatic hydroxyl groups excluding tert-OH is 1. The van der Waals surface area contributed by atoms with E-state index < -0.39 is 47.7 Å². The van der Waals surface area contributed by atoms with Crippen LogP contribution in [0.2, 0.25) is 0 Å². The molecule has 12 heteroatoms. The van der Waals surface area contributed by atoms with E-state index in [1.165, 1.54) is 7.11 Å². The summed E-state index contributed by atoms with van der Waals surface area (Å²) in [5.74, 6) is -3.09. The van der Waals surface area contributed by atoms with Crippen LogP contribution in [-0.4, -0.2) is 98.0 Å². The van der Waals surface area contributed by atoms with Crippen molar-refractivity contribution in [3.63, 3.8) is 0 Å². The molecule has 0 unspecified atom stereocenters. The van der Waals surface area contributed by atoms with Gasteiger partial charge in [0.05, 0.1) is 31.8 Å². The molecule has 3 amide bonds. The van der Waals surface area contributed by atoms with E-state index in [4.69, 9.17) is 18.9 Å². The van der Waals surface area contributed by atoms with Gasteiger partial charge in [0.1, 0.15) is 29.4 Å². The molecule has 2 fully saturated rings. The van der Waals surface area contributed by atoms with Gasteiger partial charge in [0, 0.05) is 38.9 Å². The van der Waals surface area contributed by atoms with E-state index in [1.54, 1.807) is 59.4 Å². The molecule has 7 atom stereocenters. The quantitative estimate of drug-likeness (QED) is 0.219. The highest BCUT2D eigenvalue weighted by Crippen LogP contribution is 2.53. The summed E-state index contributed by atoms with van der Waals surface area (Å²) in [6.45, 7) is 0.574. The highest BCUT2D eigenvalue weighted by Gasteiger charge is 2.71. The SMILES string of the molecule is COC[C@H]1NC(=O)CC/C=C\[C@H]2O[C@]34C=CCN(c5ccc(OC)cc5)C(=O)[C@H]3N(CCCCCO)C(=O)[C@@H]4[C@H]2C(=O)O[C@@H]1c1ccccc1. The Kier molecular flexibility index (Phi) is 11.0. The van der Waals surface area contributed by atoms with Crippen molar-refractivity contribution in [3.8, 4) is 5.75 Å². The van der Waals surface area contributed by atoms with E-state index in [9.17, 15) is 24.3 Å². The normalized spacial score (nSPS) is 30.3. The van der Waals surface area contributed by atoms with Gasteiger partial charge in [-0.15, -0.1) is 0 Å². The molecule has 2 aromatic rings. The third-order valence-electron chi connectivity index (χ3n) is 10.0. The Labute approximate surface area is 292 Å². The van der Waals surface area contributed by atoms with E-state index in [-0.39, 0.29) is 50.4 Å². The van der Waals surface area contributed by atoms with Crippen LogP contribution in [0.4, 0.5) is 5.69 Å². The monoisotopic (exact) mass is 687 g/mol. The molecule has 50 heavy (non-hydrogen) atoms. The largest absolute Gasteiger partial charge is 0.497 e. The lowest BCUT2D eigenvalue weighted by Crippen LogP contribution is -2.55. The molecule has 12 nitrogen and oxygen atoms in total. The number of unbranched alkanes of at least 4 members (excludes halogenated alkanes) is 2. The summed E-state index contributed by atoms with van der Waals surface area (Å²) in [4.78, 5) is 60.2. The highest BCUT2D eigenvalue weighted by atomic mass is 16.6. The lowest BCUT2D eigenvalue weighted by molar-refractivity contribution is -0.162. The van der Waals surface area contributed by atoms with Gasteiger partial charge in [-0.05, 0) is 55.5 Å². The number of anilines is 1. The average molecular weight is 688 g/mol. The van der Waals surface area contributed by atoms with Crippen molar-refractivity contribution >= 4 is 29.4 Å². The first kappa shape index (κ1) is 35.3. The minimum Gasteiger partial charge on any atom is -0.497 e. The van der Waals surface area contributed by atoms with Gasteiger partial charge in [-0.2, -0.15) is 0 Å². The Morgan fingerprint density at radius 2 is 1.74 bits per heavy atom. The van der Waals surface area contributed by atoms with Crippen molar-refractivity contribution in [3.05, 3.63) is 84.5 Å². The van der Waals surface area contributed by atoms with Crippen molar-refractivity contribution in [2.45, 2.75) is 62.0 Å². The number of likely N-dealkylation sites (tertiary alicyclic amines) is 1. The number of benzene rings is 2. The fourth-order valence-corrected chi connectivity index (χ4v) is 7.69. The fourth-order valence-electron chi connectivity index (χ4n) is 7.69. The van der Waals surface area contributed by atoms with Gasteiger partial charge in [-0.25, -0.2) is 0 Å². The summed E-state index contributed by atoms with van der Waals surface area (Å²) in [6, 6.07) is 14.5. The van der Waals surface area contributed by atoms with Crippen molar-refractivity contribution in [1.29, 1.82) is 0 Å². The number of aliphatic hydroxyl groups is 1. The molecular formula is C38H45N3O9. The summed E-state index contributed by atoms with van der Waals surface area (Å²) in [7, 11) is 3.08. The van der Waals surface area contributed by atoms with E-state index in [0.29, 0.717) is 42.7 Å². The maximum absolute atomic E-state index is 14.7. The molecule has 4 aliphatic heterocycles. The first-order valence-corrected chi connectivity index (χ1v) is 17.3. The predicted molar refractivity (Wildman–Crippen MR) is 183 cm³/mol. The summed E-state index contributed by atoms with van der Waals surface area (Å²) in [5.41, 5.74) is -0.181. The molecule has 1 spiro atoms. The number of allylic oxidation sites excluding steroid dienone is 1. The number of rotatable bonds is 10. The molecule has 6 rings (SSSR count). The predicted octanol–water partition coefficient (Wildman–Crippen LogP) is 3.11. The molecule has 0 saturated carbocycles. The van der Waals surface area contributed by atoms with Crippen LogP contribution >= 0.6 is 0 Å². The van der Waals surface area contributed by atoms with Gasteiger partial charge in [0.25, 0.3) is 5.91 Å². The Bertz CT molecular complexity index is 1600. The maximum atomic E-state index is 14.7. The number of nitrogens with one attached hydrogen (secondary N) is 1. The third-order valence-corrected chi connectivity index (χ3v) is 10.0. The highest BCUT2D eigenvalue weighted by molar-refractivity contribution is 6.05. The van der Waals surface area contributed by atoms with Gasteiger partial charge in [-0.3, -0.25) is 19.2 Å². The number of fused-ring (bicyclic) bond motifs is 2. The Morgan fingerprint density at radius 1 is 0.960 bits per heavy atom. The van der Waals surface area contributed by atoms with Crippen LogP contribution in [-0.2, 0) is 33.4 Å². The Hall–Kier alpha value is -4.52. The van der Waals surface area contributed by atoms with Crippen LogP contribution in [0, 0.1) is 11.8 Å². The second-order valence-electron chi connectivity index (χ2n) is 13.1. The summed E-state index contributed by atoms with van der Waals surface area (Å²) in [5, 5.41) is 12.4. The molecule has 4 aliphatic rings. The van der Waals surface area contributed by atoms with Gasteiger partial charge in [0.15, 0.2) is 0 Å². The first-order valence-electron chi connectivity index (χ1n) is 17.3. The number of carbonyl (C=O) groups is 4. The minimum atomic E-state index is -1.46. The standard InChI is InChI=1S/C38H45N3O9/c1-47-24-28-33(25-12-5-3-6-13-25)49-37(46)31-29(14-7-8-15-30(43)39-28)50-38-20-11-22-40(26-16-18-27(48-2)19-17-26)36(45)34(38)41(35(44)32(31)38)21-9-4-10-23-42/h3,5-7,11-14,16-20,28-29,31-34,42H,4,8-10,15,21-24H2,1-2H3,(H,39,43)/b14-7-/t28-,29-,31+,32+,33-,34-,38+/m1/s1. The molecular weight excluding hydrogens is 642 g/mol. The number of esters is 1. The molecule has 2 N–H and O–H groups in total. The maximum Gasteiger partial charge on any atom is 0.313 e. The van der Waals surface area contributed by atoms with Crippen LogP contribution in [0.25, 0.3) is 0 Å². The van der Waals surface area contributed by atoms with Crippen molar-refractivity contribution in [1.82, 2.24) is 10.2 Å². The molecule has 0 aromatic heterocycles. The topological polar surface area (TPSA) is 144 Å². The number of methoxy groups -OCH3 is 2. The lowest BCUT2D eigenvalue weighted by Gasteiger charge is -2.35. The smallest absolute Gasteiger partial charge is 0.313 e. The summed E-state index contributed by atoms with van der Waals surface area (Å²) < 4.78 is 23.9. The Balaban J connectivity index is 1.42. The molecule has 266 valence electrons. The fraction of sp³-hybridized carbons (Fsp3) is 0.474. The van der Waals surface area contributed by atoms with E-state index in [0.717, 1.165) is 0 Å². The molecule has 0 aliphatic carbocycles. The third kappa shape index (κ3) is 6.79. The molecule has 0 radical (unpaired) electrons. The van der Waals surface area contributed by atoms with Gasteiger partial charge >= 0.3 is 5.97 Å². The number of carbonyl (C=O) groups excluding carboxylic acids is 4. The van der Waals surface area contributed by atoms with Crippen LogP contribution < -0.4 is 15.0 Å². The number of nitrogens with zero attached hydrogens (tertiary/aromatic N) is 2. The average Bonchev–Trinajstić information content (AvgIpc) is 3.51. The van der Waals surface area contributed by atoms with Gasteiger partial charge in [0.2, 0.25) is 11.8 Å². The van der Waals surface area contributed by atoms with Crippen LogP contribution in [0.1, 0.15) is 43.8 Å². The molecule has 2 saturated heterocycles. The summed E-state index contributed by atoms with van der Waals surface area (Å²) in [6.07, 6.45) is 7.60.